The van der Waals surface area contributed by atoms with Gasteiger partial charge in [0, 0.05) is 12.0 Å². The van der Waals surface area contributed by atoms with Crippen molar-refractivity contribution in [3.63, 3.8) is 0 Å². The molecule has 1 aliphatic carbocycles. The van der Waals surface area contributed by atoms with Crippen molar-refractivity contribution < 1.29 is 13.9 Å². The number of hydrogen-bond acceptors (Lipinski definition) is 2. The minimum Gasteiger partial charge on any atom is -0.493 e. The van der Waals surface area contributed by atoms with Gasteiger partial charge in [0.1, 0.15) is 17.9 Å². The highest BCUT2D eigenvalue weighted by Crippen LogP contribution is 2.30. The number of benzene rings is 1. The second-order valence-electron chi connectivity index (χ2n) is 4.24. The number of ether oxygens (including phenoxy) is 1. The van der Waals surface area contributed by atoms with E-state index in [1.54, 1.807) is 18.2 Å². The van der Waals surface area contributed by atoms with Crippen LogP contribution in [0.3, 0.4) is 0 Å². The molecule has 0 N–H and O–H groups in total. The predicted octanol–water partition coefficient (Wildman–Crippen LogP) is 3.22. The molecule has 0 spiro atoms. The molecule has 3 heteroatoms. The Morgan fingerprint density at radius 1 is 1.41 bits per heavy atom. The number of hydrogen-bond donors (Lipinski definition) is 0. The summed E-state index contributed by atoms with van der Waals surface area (Å²) in [6.07, 6.45) is 7.00. The molecule has 0 radical (unpaired) electrons. The minimum absolute atomic E-state index is 0.297. The Kier molecular flexibility index (Phi) is 3.91. The smallest absolute Gasteiger partial charge is 0.126 e. The van der Waals surface area contributed by atoms with Crippen LogP contribution >= 0.6 is 0 Å². The van der Waals surface area contributed by atoms with Crippen molar-refractivity contribution in [3.05, 3.63) is 35.7 Å². The summed E-state index contributed by atoms with van der Waals surface area (Å²) in [5.41, 5.74) is 0.688. The lowest BCUT2D eigenvalue weighted by Gasteiger charge is -2.08. The fourth-order valence-electron chi connectivity index (χ4n) is 1.52. The number of allylic oxidation sites excluding steroid dienone is 1. The van der Waals surface area contributed by atoms with Crippen molar-refractivity contribution in [2.24, 2.45) is 5.92 Å². The van der Waals surface area contributed by atoms with E-state index in [1.807, 2.05) is 0 Å². The van der Waals surface area contributed by atoms with E-state index in [4.69, 9.17) is 4.74 Å². The maximum absolute atomic E-state index is 13.1. The van der Waals surface area contributed by atoms with Gasteiger partial charge in [-0.2, -0.15) is 0 Å². The lowest BCUT2D eigenvalue weighted by Crippen LogP contribution is -2.00. The number of carbonyl (C=O) groups excluding carboxylic acids is 1. The van der Waals surface area contributed by atoms with Gasteiger partial charge < -0.3 is 9.53 Å². The van der Waals surface area contributed by atoms with E-state index in [-0.39, 0.29) is 5.82 Å². The molecule has 1 aromatic carbocycles. The molecular formula is C14H15FO2. The third kappa shape index (κ3) is 3.70. The van der Waals surface area contributed by atoms with Crippen molar-refractivity contribution in [1.82, 2.24) is 0 Å². The van der Waals surface area contributed by atoms with Gasteiger partial charge in [0.2, 0.25) is 0 Å². The normalized spacial score (nSPS) is 15.1. The first-order valence-corrected chi connectivity index (χ1v) is 5.82. The third-order valence-electron chi connectivity index (χ3n) is 2.67. The molecule has 0 amide bonds. The first-order chi connectivity index (χ1) is 8.29. The largest absolute Gasteiger partial charge is 0.493 e. The Hall–Kier alpha value is -1.64. The Labute approximate surface area is 100 Å². The van der Waals surface area contributed by atoms with Gasteiger partial charge >= 0.3 is 0 Å². The van der Waals surface area contributed by atoms with Crippen LogP contribution in [-0.2, 0) is 4.79 Å². The maximum Gasteiger partial charge on any atom is 0.126 e. The summed E-state index contributed by atoms with van der Waals surface area (Å²) in [6, 6.07) is 4.45. The third-order valence-corrected chi connectivity index (χ3v) is 2.67. The highest BCUT2D eigenvalue weighted by molar-refractivity contribution is 5.61. The van der Waals surface area contributed by atoms with Gasteiger partial charge in [-0.1, -0.05) is 12.2 Å². The van der Waals surface area contributed by atoms with Crippen LogP contribution in [0, 0.1) is 11.7 Å². The van der Waals surface area contributed by atoms with E-state index in [0.717, 1.165) is 6.29 Å². The summed E-state index contributed by atoms with van der Waals surface area (Å²) in [6.45, 7) is 0.695. The SMILES string of the molecule is O=CCC=Cc1cc(F)ccc1OCC1CC1. The monoisotopic (exact) mass is 234 g/mol. The molecule has 0 heterocycles. The van der Waals surface area contributed by atoms with Crippen molar-refractivity contribution in [2.75, 3.05) is 6.61 Å². The summed E-state index contributed by atoms with van der Waals surface area (Å²) in [5.74, 6) is 1.04. The molecule has 1 saturated carbocycles. The van der Waals surface area contributed by atoms with Gasteiger partial charge in [-0.05, 0) is 37.0 Å². The zero-order chi connectivity index (χ0) is 12.1. The van der Waals surface area contributed by atoms with Crippen LogP contribution in [0.25, 0.3) is 6.08 Å². The highest BCUT2D eigenvalue weighted by Gasteiger charge is 2.22. The molecule has 0 aromatic heterocycles. The van der Waals surface area contributed by atoms with Gasteiger partial charge in [0.05, 0.1) is 6.61 Å². The molecular weight excluding hydrogens is 219 g/mol. The van der Waals surface area contributed by atoms with Crippen LogP contribution in [0.4, 0.5) is 4.39 Å². The predicted molar refractivity (Wildman–Crippen MR) is 64.3 cm³/mol. The van der Waals surface area contributed by atoms with E-state index < -0.39 is 0 Å². The van der Waals surface area contributed by atoms with E-state index in [1.165, 1.54) is 25.0 Å². The Morgan fingerprint density at radius 3 is 2.94 bits per heavy atom. The van der Waals surface area contributed by atoms with Crippen molar-refractivity contribution >= 4 is 12.4 Å². The van der Waals surface area contributed by atoms with Crippen molar-refractivity contribution in [2.45, 2.75) is 19.3 Å². The van der Waals surface area contributed by atoms with Crippen LogP contribution in [0.2, 0.25) is 0 Å². The molecule has 2 rings (SSSR count). The van der Waals surface area contributed by atoms with Crippen LogP contribution in [-0.4, -0.2) is 12.9 Å². The summed E-state index contributed by atoms with van der Waals surface area (Å²) >= 11 is 0. The molecule has 0 bridgehead atoms. The molecule has 90 valence electrons. The van der Waals surface area contributed by atoms with Gasteiger partial charge in [-0.3, -0.25) is 0 Å². The molecule has 1 fully saturated rings. The van der Waals surface area contributed by atoms with Crippen molar-refractivity contribution in [1.29, 1.82) is 0 Å². The first kappa shape index (κ1) is 11.8. The summed E-state index contributed by atoms with van der Waals surface area (Å²) < 4.78 is 18.7. The fourth-order valence-corrected chi connectivity index (χ4v) is 1.52. The van der Waals surface area contributed by atoms with E-state index in [0.29, 0.717) is 30.3 Å². The Balaban J connectivity index is 2.07. The van der Waals surface area contributed by atoms with Crippen LogP contribution in [0.5, 0.6) is 5.75 Å². The molecule has 0 aliphatic heterocycles. The number of aldehydes is 1. The molecule has 2 nitrogen and oxygen atoms in total. The van der Waals surface area contributed by atoms with Crippen LogP contribution in [0.1, 0.15) is 24.8 Å². The maximum atomic E-state index is 13.1. The molecule has 1 aromatic rings. The second kappa shape index (κ2) is 5.62. The standard InChI is InChI=1S/C14H15FO2/c15-13-6-7-14(17-10-11-4-5-11)12(9-13)3-1-2-8-16/h1,3,6-9,11H,2,4-5,10H2. The second-order valence-corrected chi connectivity index (χ2v) is 4.24. The molecule has 0 saturated heterocycles. The lowest BCUT2D eigenvalue weighted by molar-refractivity contribution is -0.107. The lowest BCUT2D eigenvalue weighted by atomic mass is 10.1. The minimum atomic E-state index is -0.297. The average molecular weight is 234 g/mol. The average Bonchev–Trinajstić information content (AvgIpc) is 3.12. The zero-order valence-electron chi connectivity index (χ0n) is 9.56. The fraction of sp³-hybridized carbons (Fsp3) is 0.357. The summed E-state index contributed by atoms with van der Waals surface area (Å²) in [5, 5.41) is 0. The van der Waals surface area contributed by atoms with Crippen molar-refractivity contribution in [3.8, 4) is 5.75 Å². The number of halogens is 1. The van der Waals surface area contributed by atoms with Gasteiger partial charge in [-0.25, -0.2) is 4.39 Å². The van der Waals surface area contributed by atoms with Crippen LogP contribution < -0.4 is 4.74 Å². The zero-order valence-corrected chi connectivity index (χ0v) is 9.56. The number of rotatable bonds is 6. The van der Waals surface area contributed by atoms with Crippen LogP contribution in [0.15, 0.2) is 24.3 Å². The Morgan fingerprint density at radius 2 is 2.24 bits per heavy atom. The van der Waals surface area contributed by atoms with Gasteiger partial charge in [-0.15, -0.1) is 0 Å². The van der Waals surface area contributed by atoms with Gasteiger partial charge in [0.25, 0.3) is 0 Å². The first-order valence-electron chi connectivity index (χ1n) is 5.82. The topological polar surface area (TPSA) is 26.3 Å². The molecule has 0 unspecified atom stereocenters. The Bertz CT molecular complexity index is 422. The van der Waals surface area contributed by atoms with E-state index in [9.17, 15) is 9.18 Å². The quantitative estimate of drug-likeness (QED) is 0.706. The number of carbonyl (C=O) groups is 1. The molecule has 1 aliphatic rings. The van der Waals surface area contributed by atoms with Gasteiger partial charge in [0.15, 0.2) is 0 Å². The summed E-state index contributed by atoms with van der Waals surface area (Å²) in [4.78, 5) is 10.2. The summed E-state index contributed by atoms with van der Waals surface area (Å²) in [7, 11) is 0. The van der Waals surface area contributed by atoms with E-state index in [2.05, 4.69) is 0 Å². The van der Waals surface area contributed by atoms with E-state index >= 15 is 0 Å². The molecule has 0 atom stereocenters. The highest BCUT2D eigenvalue weighted by atomic mass is 19.1. The molecule has 17 heavy (non-hydrogen) atoms.